The monoisotopic (exact) mass is 536 g/mol. The third-order valence-corrected chi connectivity index (χ3v) is 7.05. The average molecular weight is 537 g/mol. The summed E-state index contributed by atoms with van der Waals surface area (Å²) < 4.78 is 33.2. The lowest BCUT2D eigenvalue weighted by Gasteiger charge is -2.25. The van der Waals surface area contributed by atoms with Crippen molar-refractivity contribution >= 4 is 28.5 Å². The van der Waals surface area contributed by atoms with E-state index in [1.807, 2.05) is 36.4 Å². The number of hydrogen-bond acceptors (Lipinski definition) is 7. The molecule has 4 aromatic rings. The number of rotatable bonds is 12. The van der Waals surface area contributed by atoms with Crippen LogP contribution in [0.1, 0.15) is 23.6 Å². The van der Waals surface area contributed by atoms with Crippen molar-refractivity contribution in [3.8, 4) is 0 Å². The van der Waals surface area contributed by atoms with Crippen molar-refractivity contribution in [3.63, 3.8) is 0 Å². The second kappa shape index (κ2) is 13.4. The number of hydrogen-bond donors (Lipinski definition) is 2. The van der Waals surface area contributed by atoms with Crippen molar-refractivity contribution in [2.75, 3.05) is 12.3 Å². The maximum atomic E-state index is 13.7. The predicted octanol–water partition coefficient (Wildman–Crippen LogP) is 4.83. The Hall–Kier alpha value is -3.40. The summed E-state index contributed by atoms with van der Waals surface area (Å²) in [5.74, 6) is -1.81. The quantitative estimate of drug-likeness (QED) is 0.198. The van der Waals surface area contributed by atoms with Crippen LogP contribution in [0.2, 0.25) is 0 Å². The van der Waals surface area contributed by atoms with E-state index in [9.17, 15) is 13.6 Å². The molecule has 0 aliphatic rings. The van der Waals surface area contributed by atoms with Crippen LogP contribution in [0.25, 0.3) is 10.8 Å². The molecule has 3 aromatic carbocycles. The molecule has 0 saturated heterocycles. The molecule has 0 aliphatic heterocycles. The summed E-state index contributed by atoms with van der Waals surface area (Å²) in [5.41, 5.74) is 9.13. The van der Waals surface area contributed by atoms with Crippen LogP contribution in [0, 0.1) is 11.6 Å². The Morgan fingerprint density at radius 2 is 1.79 bits per heavy atom. The van der Waals surface area contributed by atoms with Gasteiger partial charge < -0.3 is 15.8 Å². The lowest BCUT2D eigenvalue weighted by Crippen LogP contribution is -2.46. The van der Waals surface area contributed by atoms with Crippen LogP contribution in [0.15, 0.2) is 78.0 Å². The molecule has 3 N–H and O–H groups in total. The van der Waals surface area contributed by atoms with Crippen LogP contribution >= 0.6 is 11.8 Å². The van der Waals surface area contributed by atoms with E-state index < -0.39 is 29.7 Å². The lowest BCUT2D eigenvalue weighted by molar-refractivity contribution is -0.146. The van der Waals surface area contributed by atoms with Crippen LogP contribution in [0.4, 0.5) is 8.78 Å². The second-order valence-corrected chi connectivity index (χ2v) is 9.97. The van der Waals surface area contributed by atoms with Crippen molar-refractivity contribution in [1.82, 2.24) is 15.5 Å². The standard InChI is InChI=1S/C29H30F2N4O2S/c1-2-19-6-5-7-20(10-19)15-33-17-27(26(32)13-21-11-23(30)14-24(31)12-21)37-28(36)18-38-29-25-9-4-3-8-22(25)16-34-35-29/h3-12,14,16,26-27,33H,2,13,15,17-18,32H2,1H3/t26-,27+/m0/s1. The molecule has 2 atom stereocenters. The molecular formula is C29H30F2N4O2S. The molecule has 0 unspecified atom stereocenters. The van der Waals surface area contributed by atoms with Gasteiger partial charge in [0.05, 0.1) is 11.9 Å². The molecule has 0 fully saturated rings. The van der Waals surface area contributed by atoms with Crippen LogP contribution in [-0.4, -0.2) is 40.6 Å². The van der Waals surface area contributed by atoms with Gasteiger partial charge in [-0.15, -0.1) is 5.10 Å². The normalized spacial score (nSPS) is 12.8. The molecule has 1 heterocycles. The summed E-state index contributed by atoms with van der Waals surface area (Å²) in [6.45, 7) is 2.93. The highest BCUT2D eigenvalue weighted by atomic mass is 32.2. The minimum absolute atomic E-state index is 0.0129. The number of nitrogens with zero attached hydrogens (tertiary/aromatic N) is 2. The Kier molecular flexibility index (Phi) is 9.75. The van der Waals surface area contributed by atoms with Gasteiger partial charge in [0.25, 0.3) is 0 Å². The Morgan fingerprint density at radius 1 is 1.03 bits per heavy atom. The highest BCUT2D eigenvalue weighted by molar-refractivity contribution is 8.00. The van der Waals surface area contributed by atoms with Crippen LogP contribution < -0.4 is 11.1 Å². The number of aryl methyl sites for hydroxylation is 1. The van der Waals surface area contributed by atoms with Gasteiger partial charge in [-0.05, 0) is 41.7 Å². The molecule has 4 rings (SSSR count). The molecule has 0 saturated carbocycles. The maximum Gasteiger partial charge on any atom is 0.316 e. The molecule has 0 spiro atoms. The van der Waals surface area contributed by atoms with Gasteiger partial charge in [0.1, 0.15) is 22.8 Å². The van der Waals surface area contributed by atoms with E-state index in [0.29, 0.717) is 17.1 Å². The first-order valence-corrected chi connectivity index (χ1v) is 13.4. The molecule has 0 aliphatic carbocycles. The number of benzene rings is 3. The number of thioether (sulfide) groups is 1. The van der Waals surface area contributed by atoms with Crippen LogP contribution in [-0.2, 0) is 28.9 Å². The molecule has 6 nitrogen and oxygen atoms in total. The number of carbonyl (C=O) groups is 1. The zero-order chi connectivity index (χ0) is 26.9. The lowest BCUT2D eigenvalue weighted by atomic mass is 10.0. The Balaban J connectivity index is 1.42. The van der Waals surface area contributed by atoms with E-state index in [2.05, 4.69) is 34.6 Å². The molecule has 38 heavy (non-hydrogen) atoms. The summed E-state index contributed by atoms with van der Waals surface area (Å²) in [6, 6.07) is 18.5. The zero-order valence-corrected chi connectivity index (χ0v) is 21.9. The van der Waals surface area contributed by atoms with E-state index in [1.54, 1.807) is 6.20 Å². The molecule has 0 bridgehead atoms. The third-order valence-electron chi connectivity index (χ3n) is 6.09. The predicted molar refractivity (Wildman–Crippen MR) is 146 cm³/mol. The summed E-state index contributed by atoms with van der Waals surface area (Å²) in [7, 11) is 0. The number of aromatic nitrogens is 2. The minimum Gasteiger partial charge on any atom is -0.459 e. The Labute approximate surface area is 225 Å². The average Bonchev–Trinajstić information content (AvgIpc) is 2.90. The van der Waals surface area contributed by atoms with Crippen LogP contribution in [0.5, 0.6) is 0 Å². The summed E-state index contributed by atoms with van der Waals surface area (Å²) in [6.07, 6.45) is 2.02. The first kappa shape index (κ1) is 27.6. The fourth-order valence-corrected chi connectivity index (χ4v) is 4.94. The van der Waals surface area contributed by atoms with Gasteiger partial charge in [-0.3, -0.25) is 4.79 Å². The fourth-order valence-electron chi connectivity index (χ4n) is 4.17. The van der Waals surface area contributed by atoms with Crippen molar-refractivity contribution in [1.29, 1.82) is 0 Å². The number of nitrogens with one attached hydrogen (secondary N) is 1. The van der Waals surface area contributed by atoms with E-state index in [1.165, 1.54) is 29.5 Å². The molecule has 9 heteroatoms. The topological polar surface area (TPSA) is 90.1 Å². The van der Waals surface area contributed by atoms with Crippen molar-refractivity contribution in [3.05, 3.63) is 101 Å². The molecule has 0 amide bonds. The van der Waals surface area contributed by atoms with Gasteiger partial charge in [-0.1, -0.05) is 67.2 Å². The minimum atomic E-state index is -0.720. The Morgan fingerprint density at radius 3 is 2.58 bits per heavy atom. The van der Waals surface area contributed by atoms with Gasteiger partial charge in [-0.25, -0.2) is 8.78 Å². The van der Waals surface area contributed by atoms with Gasteiger partial charge in [0.2, 0.25) is 0 Å². The van der Waals surface area contributed by atoms with Crippen molar-refractivity contribution in [2.45, 2.75) is 43.5 Å². The van der Waals surface area contributed by atoms with E-state index >= 15 is 0 Å². The second-order valence-electron chi connectivity index (χ2n) is 9.00. The first-order chi connectivity index (χ1) is 18.4. The van der Waals surface area contributed by atoms with Gasteiger partial charge in [-0.2, -0.15) is 5.10 Å². The Bertz CT molecular complexity index is 1360. The largest absolute Gasteiger partial charge is 0.459 e. The molecule has 1 aromatic heterocycles. The maximum absolute atomic E-state index is 13.7. The number of ether oxygens (including phenoxy) is 1. The molecule has 0 radical (unpaired) electrons. The highest BCUT2D eigenvalue weighted by Crippen LogP contribution is 2.25. The number of halogens is 2. The van der Waals surface area contributed by atoms with Gasteiger partial charge >= 0.3 is 5.97 Å². The summed E-state index contributed by atoms with van der Waals surface area (Å²) in [5, 5.41) is 13.9. The van der Waals surface area contributed by atoms with E-state index in [4.69, 9.17) is 10.5 Å². The highest BCUT2D eigenvalue weighted by Gasteiger charge is 2.23. The number of carbonyl (C=O) groups excluding carboxylic acids is 1. The van der Waals surface area contributed by atoms with Gasteiger partial charge in [0, 0.05) is 36.0 Å². The summed E-state index contributed by atoms with van der Waals surface area (Å²) in [4.78, 5) is 12.9. The van der Waals surface area contributed by atoms with Crippen molar-refractivity contribution < 1.29 is 18.3 Å². The van der Waals surface area contributed by atoms with E-state index in [-0.39, 0.29) is 18.7 Å². The number of nitrogens with two attached hydrogens (primary N) is 1. The smallest absolute Gasteiger partial charge is 0.316 e. The molecular weight excluding hydrogens is 506 g/mol. The number of esters is 1. The zero-order valence-electron chi connectivity index (χ0n) is 21.1. The van der Waals surface area contributed by atoms with Crippen LogP contribution in [0.3, 0.4) is 0 Å². The number of fused-ring (bicyclic) bond motifs is 1. The SMILES string of the molecule is CCc1cccc(CNC[C@@H](OC(=O)CSc2nncc3ccccc23)[C@@H](N)Cc2cc(F)cc(F)c2)c1. The summed E-state index contributed by atoms with van der Waals surface area (Å²) >= 11 is 1.24. The third kappa shape index (κ3) is 7.80. The first-order valence-electron chi connectivity index (χ1n) is 12.4. The van der Waals surface area contributed by atoms with E-state index in [0.717, 1.165) is 28.8 Å². The van der Waals surface area contributed by atoms with Gasteiger partial charge in [0.15, 0.2) is 0 Å². The fraction of sp³-hybridized carbons (Fsp3) is 0.276. The molecule has 198 valence electrons. The van der Waals surface area contributed by atoms with Crippen molar-refractivity contribution in [2.24, 2.45) is 5.73 Å².